The quantitative estimate of drug-likeness (QED) is 0.500. The number of carbonyl (C=O) groups excluding carboxylic acids is 2. The summed E-state index contributed by atoms with van der Waals surface area (Å²) in [4.78, 5) is 31.4. The van der Waals surface area contributed by atoms with E-state index in [2.05, 4.69) is 20.6 Å². The molecule has 0 fully saturated rings. The lowest BCUT2D eigenvalue weighted by Gasteiger charge is -2.12. The van der Waals surface area contributed by atoms with Crippen molar-refractivity contribution in [1.82, 2.24) is 9.97 Å². The summed E-state index contributed by atoms with van der Waals surface area (Å²) in [6, 6.07) is 14.8. The molecule has 0 saturated carbocycles. The first-order valence-corrected chi connectivity index (χ1v) is 8.55. The fourth-order valence-electron chi connectivity index (χ4n) is 2.67. The van der Waals surface area contributed by atoms with Crippen LogP contribution in [0, 0.1) is 6.92 Å². The van der Waals surface area contributed by atoms with Crippen LogP contribution in [0.3, 0.4) is 0 Å². The number of primary amides is 2. The van der Waals surface area contributed by atoms with Gasteiger partial charge in [0, 0.05) is 17.6 Å². The molecule has 142 valence electrons. The maximum absolute atomic E-state index is 11.7. The fourth-order valence-corrected chi connectivity index (χ4v) is 2.67. The Kier molecular flexibility index (Phi) is 5.50. The summed E-state index contributed by atoms with van der Waals surface area (Å²) < 4.78 is 0. The number of aryl methyl sites for hydroxylation is 1. The summed E-state index contributed by atoms with van der Waals surface area (Å²) >= 11 is 0. The van der Waals surface area contributed by atoms with Gasteiger partial charge in [0.15, 0.2) is 0 Å². The van der Waals surface area contributed by atoms with Gasteiger partial charge in [-0.05, 0) is 42.3 Å². The highest BCUT2D eigenvalue weighted by atomic mass is 16.1. The van der Waals surface area contributed by atoms with Crippen LogP contribution in [0.2, 0.25) is 0 Å². The highest BCUT2D eigenvalue weighted by Crippen LogP contribution is 2.22. The summed E-state index contributed by atoms with van der Waals surface area (Å²) in [5.74, 6) is -0.478. The van der Waals surface area contributed by atoms with Crippen molar-refractivity contribution in [1.29, 1.82) is 0 Å². The first-order chi connectivity index (χ1) is 13.4. The van der Waals surface area contributed by atoms with Crippen LogP contribution in [0.1, 0.15) is 21.5 Å². The van der Waals surface area contributed by atoms with E-state index in [4.69, 9.17) is 11.5 Å². The van der Waals surface area contributed by atoms with Crippen molar-refractivity contribution >= 4 is 35.0 Å². The Morgan fingerprint density at radius 2 is 1.71 bits per heavy atom. The van der Waals surface area contributed by atoms with Crippen LogP contribution >= 0.6 is 0 Å². The highest BCUT2D eigenvalue weighted by molar-refractivity contribution is 5.98. The number of hydrogen-bond donors (Lipinski definition) is 4. The molecule has 0 unspecified atom stereocenters. The molecule has 2 aromatic carbocycles. The number of rotatable bonds is 7. The smallest absolute Gasteiger partial charge is 0.254 e. The average molecular weight is 376 g/mol. The molecule has 0 bridgehead atoms. The van der Waals surface area contributed by atoms with Gasteiger partial charge in [-0.25, -0.2) is 4.98 Å². The molecule has 8 nitrogen and oxygen atoms in total. The second-order valence-corrected chi connectivity index (χ2v) is 6.28. The zero-order valence-electron chi connectivity index (χ0n) is 15.3. The van der Waals surface area contributed by atoms with Crippen molar-refractivity contribution in [2.75, 3.05) is 10.6 Å². The number of carbonyl (C=O) groups is 2. The standard InChI is InChI=1S/C20H20N6O2/c1-12-4-2-6-14(8-12)24-19-16(18(22)28)11-23-20(26-19)25-15-7-3-5-13(9-15)10-17(21)27/h2-9,11H,10H2,1H3,(H2,21,27)(H2,22,28)(H2,23,24,25,26). The monoisotopic (exact) mass is 376 g/mol. The third kappa shape index (κ3) is 4.82. The molecule has 0 aliphatic heterocycles. The fraction of sp³-hybridized carbons (Fsp3) is 0.100. The van der Waals surface area contributed by atoms with E-state index in [1.807, 2.05) is 37.3 Å². The third-order valence-corrected chi connectivity index (χ3v) is 3.90. The first kappa shape index (κ1) is 18.8. The van der Waals surface area contributed by atoms with Crippen LogP contribution in [-0.4, -0.2) is 21.8 Å². The molecule has 3 aromatic rings. The molecule has 1 aromatic heterocycles. The molecule has 0 atom stereocenters. The molecule has 3 rings (SSSR count). The number of aromatic nitrogens is 2. The second-order valence-electron chi connectivity index (χ2n) is 6.28. The molecule has 0 spiro atoms. The van der Waals surface area contributed by atoms with Crippen molar-refractivity contribution in [3.8, 4) is 0 Å². The lowest BCUT2D eigenvalue weighted by Crippen LogP contribution is -2.16. The van der Waals surface area contributed by atoms with Crippen molar-refractivity contribution in [2.45, 2.75) is 13.3 Å². The van der Waals surface area contributed by atoms with E-state index in [0.29, 0.717) is 11.5 Å². The molecule has 6 N–H and O–H groups in total. The minimum atomic E-state index is -0.634. The Balaban J connectivity index is 1.88. The van der Waals surface area contributed by atoms with Crippen LogP contribution in [0.15, 0.2) is 54.7 Å². The van der Waals surface area contributed by atoms with Gasteiger partial charge >= 0.3 is 0 Å². The van der Waals surface area contributed by atoms with E-state index in [1.54, 1.807) is 18.2 Å². The molecule has 0 radical (unpaired) electrons. The van der Waals surface area contributed by atoms with Gasteiger partial charge in [0.1, 0.15) is 11.4 Å². The summed E-state index contributed by atoms with van der Waals surface area (Å²) in [5, 5.41) is 6.16. The molecule has 0 saturated heterocycles. The molecular weight excluding hydrogens is 356 g/mol. The molecule has 28 heavy (non-hydrogen) atoms. The van der Waals surface area contributed by atoms with E-state index in [-0.39, 0.29) is 17.9 Å². The van der Waals surface area contributed by atoms with Gasteiger partial charge in [0.25, 0.3) is 5.91 Å². The average Bonchev–Trinajstić information content (AvgIpc) is 2.61. The number of anilines is 4. The van der Waals surface area contributed by atoms with Crippen molar-refractivity contribution in [2.24, 2.45) is 11.5 Å². The van der Waals surface area contributed by atoms with Crippen LogP contribution in [0.5, 0.6) is 0 Å². The van der Waals surface area contributed by atoms with Gasteiger partial charge < -0.3 is 22.1 Å². The summed E-state index contributed by atoms with van der Waals surface area (Å²) in [5.41, 5.74) is 14.1. The third-order valence-electron chi connectivity index (χ3n) is 3.90. The van der Waals surface area contributed by atoms with Crippen LogP contribution in [0.4, 0.5) is 23.1 Å². The van der Waals surface area contributed by atoms with Gasteiger partial charge in [-0.1, -0.05) is 24.3 Å². The predicted octanol–water partition coefficient (Wildman–Crippen LogP) is 2.40. The van der Waals surface area contributed by atoms with Gasteiger partial charge in [0.05, 0.1) is 6.42 Å². The Hall–Kier alpha value is -3.94. The number of nitrogens with zero attached hydrogens (tertiary/aromatic N) is 2. The Morgan fingerprint density at radius 1 is 1.00 bits per heavy atom. The number of amides is 2. The predicted molar refractivity (Wildman–Crippen MR) is 108 cm³/mol. The molecule has 0 aliphatic rings. The van der Waals surface area contributed by atoms with Gasteiger partial charge in [-0.3, -0.25) is 9.59 Å². The van der Waals surface area contributed by atoms with Crippen LogP contribution in [0.25, 0.3) is 0 Å². The van der Waals surface area contributed by atoms with Crippen molar-refractivity contribution < 1.29 is 9.59 Å². The SMILES string of the molecule is Cc1cccc(Nc2nc(Nc3cccc(CC(N)=O)c3)ncc2C(N)=O)c1. The van der Waals surface area contributed by atoms with Crippen molar-refractivity contribution in [3.05, 3.63) is 71.4 Å². The lowest BCUT2D eigenvalue weighted by molar-refractivity contribution is -0.117. The Morgan fingerprint density at radius 3 is 2.39 bits per heavy atom. The minimum absolute atomic E-state index is 0.136. The first-order valence-electron chi connectivity index (χ1n) is 8.55. The number of nitrogens with one attached hydrogen (secondary N) is 2. The minimum Gasteiger partial charge on any atom is -0.369 e. The van der Waals surface area contributed by atoms with Crippen LogP contribution < -0.4 is 22.1 Å². The van der Waals surface area contributed by atoms with E-state index in [1.165, 1.54) is 6.20 Å². The van der Waals surface area contributed by atoms with E-state index >= 15 is 0 Å². The van der Waals surface area contributed by atoms with Gasteiger partial charge in [-0.15, -0.1) is 0 Å². The van der Waals surface area contributed by atoms with E-state index < -0.39 is 11.8 Å². The molecular formula is C20H20N6O2. The maximum Gasteiger partial charge on any atom is 0.254 e. The summed E-state index contributed by atoms with van der Waals surface area (Å²) in [6.45, 7) is 1.96. The van der Waals surface area contributed by atoms with E-state index in [9.17, 15) is 9.59 Å². The second kappa shape index (κ2) is 8.17. The molecule has 2 amide bonds. The Bertz CT molecular complexity index is 1030. The zero-order valence-corrected chi connectivity index (χ0v) is 15.3. The molecule has 8 heteroatoms. The summed E-state index contributed by atoms with van der Waals surface area (Å²) in [6.07, 6.45) is 1.50. The summed E-state index contributed by atoms with van der Waals surface area (Å²) in [7, 11) is 0. The number of nitrogens with two attached hydrogens (primary N) is 2. The Labute approximate surface area is 162 Å². The largest absolute Gasteiger partial charge is 0.369 e. The normalized spacial score (nSPS) is 10.3. The van der Waals surface area contributed by atoms with Gasteiger partial charge in [0.2, 0.25) is 11.9 Å². The highest BCUT2D eigenvalue weighted by Gasteiger charge is 2.13. The zero-order chi connectivity index (χ0) is 20.1. The lowest BCUT2D eigenvalue weighted by atomic mass is 10.1. The topological polar surface area (TPSA) is 136 Å². The van der Waals surface area contributed by atoms with E-state index in [0.717, 1.165) is 16.8 Å². The molecule has 1 heterocycles. The van der Waals surface area contributed by atoms with Crippen LogP contribution in [-0.2, 0) is 11.2 Å². The molecule has 0 aliphatic carbocycles. The number of hydrogen-bond acceptors (Lipinski definition) is 6. The maximum atomic E-state index is 11.7. The number of benzene rings is 2. The van der Waals surface area contributed by atoms with Crippen molar-refractivity contribution in [3.63, 3.8) is 0 Å². The van der Waals surface area contributed by atoms with Gasteiger partial charge in [-0.2, -0.15) is 4.98 Å².